The number of nitrogens with one attached hydrogen (secondary N) is 1. The quantitative estimate of drug-likeness (QED) is 0.844. The Morgan fingerprint density at radius 1 is 1.15 bits per heavy atom. The minimum absolute atomic E-state index is 0. The van der Waals surface area contributed by atoms with Gasteiger partial charge in [0.1, 0.15) is 10.6 Å². The summed E-state index contributed by atoms with van der Waals surface area (Å²) in [6.07, 6.45) is 0.965. The van der Waals surface area contributed by atoms with Gasteiger partial charge in [-0.25, -0.2) is 8.42 Å². The Bertz CT molecular complexity index is 825. The Morgan fingerprint density at radius 3 is 2.50 bits per heavy atom. The highest BCUT2D eigenvalue weighted by Crippen LogP contribution is 2.33. The van der Waals surface area contributed by atoms with E-state index in [4.69, 9.17) is 4.74 Å². The van der Waals surface area contributed by atoms with Gasteiger partial charge in [-0.05, 0) is 29.7 Å². The van der Waals surface area contributed by atoms with Gasteiger partial charge in [0, 0.05) is 19.6 Å². The summed E-state index contributed by atoms with van der Waals surface area (Å²) in [6.45, 7) is 3.77. The maximum Gasteiger partial charge on any atom is 0.247 e. The number of hydrogen-bond donors (Lipinski definition) is 1. The molecule has 0 aliphatic carbocycles. The smallest absolute Gasteiger partial charge is 0.247 e. The minimum atomic E-state index is -3.65. The first kappa shape index (κ1) is 20.7. The number of para-hydroxylation sites is 1. The molecule has 1 unspecified atom stereocenters. The van der Waals surface area contributed by atoms with Crippen molar-refractivity contribution in [1.29, 1.82) is 0 Å². The molecule has 0 radical (unpaired) electrons. The first-order chi connectivity index (χ1) is 12.1. The zero-order valence-corrected chi connectivity index (χ0v) is 16.6. The third kappa shape index (κ3) is 4.04. The fourth-order valence-corrected chi connectivity index (χ4v) is 4.96. The first-order valence-electron chi connectivity index (χ1n) is 8.52. The maximum absolute atomic E-state index is 13.3. The molecular formula is C19H25ClN2O3S. The van der Waals surface area contributed by atoms with Crippen molar-refractivity contribution in [2.75, 3.05) is 26.7 Å². The molecule has 0 bridgehead atoms. The lowest BCUT2D eigenvalue weighted by Crippen LogP contribution is -2.48. The average molecular weight is 397 g/mol. The molecule has 1 heterocycles. The van der Waals surface area contributed by atoms with Gasteiger partial charge in [0.2, 0.25) is 10.0 Å². The highest BCUT2D eigenvalue weighted by atomic mass is 35.5. The van der Waals surface area contributed by atoms with Gasteiger partial charge in [-0.3, -0.25) is 0 Å². The SMILES string of the molecule is CCc1ccc(C2CNCCN2S(=O)(=O)c2ccccc2OC)cc1.Cl. The molecule has 1 atom stereocenters. The molecule has 0 spiro atoms. The van der Waals surface area contributed by atoms with E-state index in [2.05, 4.69) is 24.4 Å². The van der Waals surface area contributed by atoms with Gasteiger partial charge in [-0.1, -0.05) is 43.3 Å². The molecule has 7 heteroatoms. The van der Waals surface area contributed by atoms with Crippen LogP contribution in [0.2, 0.25) is 0 Å². The van der Waals surface area contributed by atoms with Gasteiger partial charge >= 0.3 is 0 Å². The van der Waals surface area contributed by atoms with Crippen molar-refractivity contribution in [3.05, 3.63) is 59.7 Å². The highest BCUT2D eigenvalue weighted by Gasteiger charge is 2.35. The second-order valence-electron chi connectivity index (χ2n) is 6.08. The zero-order chi connectivity index (χ0) is 17.9. The van der Waals surface area contributed by atoms with Crippen LogP contribution in [0.25, 0.3) is 0 Å². The molecule has 1 aliphatic rings. The number of halogens is 1. The van der Waals surface area contributed by atoms with E-state index in [1.165, 1.54) is 12.7 Å². The summed E-state index contributed by atoms with van der Waals surface area (Å²) >= 11 is 0. The number of aryl methyl sites for hydroxylation is 1. The second-order valence-corrected chi connectivity index (χ2v) is 7.94. The lowest BCUT2D eigenvalue weighted by atomic mass is 10.0. The van der Waals surface area contributed by atoms with Gasteiger partial charge in [-0.2, -0.15) is 4.31 Å². The number of piperazine rings is 1. The predicted octanol–water partition coefficient (Wildman–Crippen LogP) is 3.01. The van der Waals surface area contributed by atoms with Crippen LogP contribution < -0.4 is 10.1 Å². The van der Waals surface area contributed by atoms with E-state index in [0.29, 0.717) is 25.4 Å². The Kier molecular flexibility index (Phi) is 7.06. The number of hydrogen-bond acceptors (Lipinski definition) is 4. The molecule has 142 valence electrons. The summed E-state index contributed by atoms with van der Waals surface area (Å²) in [7, 11) is -2.16. The molecule has 0 saturated carbocycles. The fraction of sp³-hybridized carbons (Fsp3) is 0.368. The first-order valence-corrected chi connectivity index (χ1v) is 9.96. The molecular weight excluding hydrogens is 372 g/mol. The number of ether oxygens (including phenoxy) is 1. The van der Waals surface area contributed by atoms with Crippen molar-refractivity contribution in [2.45, 2.75) is 24.3 Å². The molecule has 5 nitrogen and oxygen atoms in total. The van der Waals surface area contributed by atoms with Crippen LogP contribution in [-0.2, 0) is 16.4 Å². The normalized spacial score (nSPS) is 18.2. The van der Waals surface area contributed by atoms with Crippen LogP contribution in [0.15, 0.2) is 53.4 Å². The predicted molar refractivity (Wildman–Crippen MR) is 106 cm³/mol. The van der Waals surface area contributed by atoms with Crippen molar-refractivity contribution in [3.8, 4) is 5.75 Å². The molecule has 1 N–H and O–H groups in total. The van der Waals surface area contributed by atoms with Crippen molar-refractivity contribution in [2.24, 2.45) is 0 Å². The average Bonchev–Trinajstić information content (AvgIpc) is 2.68. The van der Waals surface area contributed by atoms with E-state index < -0.39 is 10.0 Å². The number of methoxy groups -OCH3 is 1. The fourth-order valence-electron chi connectivity index (χ4n) is 3.19. The van der Waals surface area contributed by atoms with E-state index in [0.717, 1.165) is 12.0 Å². The standard InChI is InChI=1S/C19H24N2O3S.ClH/c1-3-15-8-10-16(11-9-15)17-14-20-12-13-21(17)25(22,23)19-7-5-4-6-18(19)24-2;/h4-11,17,20H,3,12-14H2,1-2H3;1H. The number of rotatable bonds is 5. The maximum atomic E-state index is 13.3. The zero-order valence-electron chi connectivity index (χ0n) is 15.0. The topological polar surface area (TPSA) is 58.6 Å². The largest absolute Gasteiger partial charge is 0.495 e. The molecule has 1 saturated heterocycles. The van der Waals surface area contributed by atoms with Crippen LogP contribution in [0, 0.1) is 0 Å². The van der Waals surface area contributed by atoms with Crippen LogP contribution >= 0.6 is 12.4 Å². The van der Waals surface area contributed by atoms with Crippen LogP contribution in [-0.4, -0.2) is 39.5 Å². The third-order valence-corrected chi connectivity index (χ3v) is 6.57. The molecule has 0 aromatic heterocycles. The van der Waals surface area contributed by atoms with Crippen molar-refractivity contribution in [3.63, 3.8) is 0 Å². The van der Waals surface area contributed by atoms with E-state index in [9.17, 15) is 8.42 Å². The van der Waals surface area contributed by atoms with E-state index in [-0.39, 0.29) is 23.3 Å². The lowest BCUT2D eigenvalue weighted by molar-refractivity contribution is 0.270. The summed E-state index contributed by atoms with van der Waals surface area (Å²) in [6, 6.07) is 14.7. The summed E-state index contributed by atoms with van der Waals surface area (Å²) in [5.74, 6) is 0.376. The van der Waals surface area contributed by atoms with E-state index >= 15 is 0 Å². The molecule has 26 heavy (non-hydrogen) atoms. The monoisotopic (exact) mass is 396 g/mol. The highest BCUT2D eigenvalue weighted by molar-refractivity contribution is 7.89. The summed E-state index contributed by atoms with van der Waals surface area (Å²) < 4.78 is 33.4. The van der Waals surface area contributed by atoms with E-state index in [1.54, 1.807) is 28.6 Å². The van der Waals surface area contributed by atoms with Crippen molar-refractivity contribution < 1.29 is 13.2 Å². The second kappa shape index (κ2) is 8.86. The minimum Gasteiger partial charge on any atom is -0.495 e. The molecule has 3 rings (SSSR count). The van der Waals surface area contributed by atoms with E-state index in [1.807, 2.05) is 12.1 Å². The Balaban J connectivity index is 0.00000243. The van der Waals surface area contributed by atoms with Gasteiger partial charge < -0.3 is 10.1 Å². The summed E-state index contributed by atoms with van der Waals surface area (Å²) in [5, 5.41) is 3.31. The summed E-state index contributed by atoms with van der Waals surface area (Å²) in [4.78, 5) is 0.217. The van der Waals surface area contributed by atoms with Gasteiger partial charge in [0.15, 0.2) is 0 Å². The Morgan fingerprint density at radius 2 is 1.85 bits per heavy atom. The summed E-state index contributed by atoms with van der Waals surface area (Å²) in [5.41, 5.74) is 2.24. The van der Waals surface area contributed by atoms with Crippen LogP contribution in [0.1, 0.15) is 24.1 Å². The molecule has 1 aliphatic heterocycles. The molecule has 1 fully saturated rings. The number of sulfonamides is 1. The third-order valence-electron chi connectivity index (χ3n) is 4.62. The van der Waals surface area contributed by atoms with Crippen molar-refractivity contribution in [1.82, 2.24) is 9.62 Å². The number of nitrogens with zero attached hydrogens (tertiary/aromatic N) is 1. The Labute approximate surface area is 161 Å². The Hall–Kier alpha value is -1.60. The van der Waals surface area contributed by atoms with Crippen molar-refractivity contribution >= 4 is 22.4 Å². The molecule has 2 aromatic carbocycles. The van der Waals surface area contributed by atoms with Crippen LogP contribution in [0.5, 0.6) is 5.75 Å². The lowest BCUT2D eigenvalue weighted by Gasteiger charge is -2.35. The molecule has 2 aromatic rings. The van der Waals surface area contributed by atoms with Gasteiger partial charge in [0.05, 0.1) is 13.2 Å². The van der Waals surface area contributed by atoms with Crippen LogP contribution in [0.4, 0.5) is 0 Å². The number of benzene rings is 2. The van der Waals surface area contributed by atoms with Gasteiger partial charge in [-0.15, -0.1) is 12.4 Å². The molecule has 0 amide bonds. The van der Waals surface area contributed by atoms with Crippen LogP contribution in [0.3, 0.4) is 0 Å². The van der Waals surface area contributed by atoms with Gasteiger partial charge in [0.25, 0.3) is 0 Å².